The van der Waals surface area contributed by atoms with Crippen LogP contribution in [0.5, 0.6) is 0 Å². The van der Waals surface area contributed by atoms with E-state index in [2.05, 4.69) is 19.2 Å². The minimum atomic E-state index is -0.408. The Bertz CT molecular complexity index is 359. The minimum Gasteiger partial charge on any atom is -0.381 e. The number of rotatable bonds is 6. The third-order valence-electron chi connectivity index (χ3n) is 2.58. The van der Waals surface area contributed by atoms with Gasteiger partial charge in [-0.25, -0.2) is 0 Å². The van der Waals surface area contributed by atoms with E-state index >= 15 is 0 Å². The number of benzene rings is 1. The van der Waals surface area contributed by atoms with E-state index in [1.54, 1.807) is 12.1 Å². The second-order valence-electron chi connectivity index (χ2n) is 4.65. The quantitative estimate of drug-likeness (QED) is 0.700. The zero-order valence-corrected chi connectivity index (χ0v) is 10.4. The SMILES string of the molecule is CC(C)CC(CN)Nc1ccc(C(N)=O)cc1. The molecule has 0 saturated heterocycles. The van der Waals surface area contributed by atoms with Crippen molar-refractivity contribution in [1.82, 2.24) is 0 Å². The normalized spacial score (nSPS) is 12.5. The predicted octanol–water partition coefficient (Wildman–Crippen LogP) is 1.57. The molecular formula is C13H21N3O. The summed E-state index contributed by atoms with van der Waals surface area (Å²) in [6, 6.07) is 7.39. The Balaban J connectivity index is 2.64. The molecule has 5 N–H and O–H groups in total. The van der Waals surface area contributed by atoms with Crippen LogP contribution in [0.4, 0.5) is 5.69 Å². The molecule has 0 aliphatic carbocycles. The number of amides is 1. The molecular weight excluding hydrogens is 214 g/mol. The minimum absolute atomic E-state index is 0.259. The molecule has 1 amide bonds. The molecule has 0 saturated carbocycles. The van der Waals surface area contributed by atoms with E-state index in [0.29, 0.717) is 18.0 Å². The maximum absolute atomic E-state index is 10.9. The lowest BCUT2D eigenvalue weighted by molar-refractivity contribution is 0.100. The number of anilines is 1. The summed E-state index contributed by atoms with van der Waals surface area (Å²) in [5, 5.41) is 3.35. The summed E-state index contributed by atoms with van der Waals surface area (Å²) in [6.07, 6.45) is 1.02. The standard InChI is InChI=1S/C13H21N3O/c1-9(2)7-12(8-14)16-11-5-3-10(4-6-11)13(15)17/h3-6,9,12,16H,7-8,14H2,1-2H3,(H2,15,17). The van der Waals surface area contributed by atoms with E-state index in [4.69, 9.17) is 11.5 Å². The second kappa shape index (κ2) is 6.25. The highest BCUT2D eigenvalue weighted by Gasteiger charge is 2.09. The van der Waals surface area contributed by atoms with Crippen LogP contribution in [0.15, 0.2) is 24.3 Å². The van der Waals surface area contributed by atoms with Gasteiger partial charge in [-0.1, -0.05) is 13.8 Å². The molecule has 0 aliphatic rings. The molecule has 4 heteroatoms. The molecule has 1 rings (SSSR count). The lowest BCUT2D eigenvalue weighted by atomic mass is 10.0. The van der Waals surface area contributed by atoms with Crippen LogP contribution >= 0.6 is 0 Å². The largest absolute Gasteiger partial charge is 0.381 e. The molecule has 1 unspecified atom stereocenters. The average Bonchev–Trinajstić information content (AvgIpc) is 2.28. The van der Waals surface area contributed by atoms with Gasteiger partial charge < -0.3 is 16.8 Å². The number of hydrogen-bond acceptors (Lipinski definition) is 3. The monoisotopic (exact) mass is 235 g/mol. The zero-order chi connectivity index (χ0) is 12.8. The van der Waals surface area contributed by atoms with Crippen molar-refractivity contribution in [2.75, 3.05) is 11.9 Å². The van der Waals surface area contributed by atoms with Crippen LogP contribution in [-0.4, -0.2) is 18.5 Å². The predicted molar refractivity (Wildman–Crippen MR) is 70.9 cm³/mol. The van der Waals surface area contributed by atoms with E-state index in [1.165, 1.54) is 0 Å². The first-order valence-corrected chi connectivity index (χ1v) is 5.89. The van der Waals surface area contributed by atoms with Gasteiger partial charge in [-0.2, -0.15) is 0 Å². The highest BCUT2D eigenvalue weighted by atomic mass is 16.1. The molecule has 0 radical (unpaired) electrons. The zero-order valence-electron chi connectivity index (χ0n) is 10.4. The molecule has 0 aliphatic heterocycles. The Morgan fingerprint density at radius 2 is 1.88 bits per heavy atom. The van der Waals surface area contributed by atoms with Gasteiger partial charge in [-0.3, -0.25) is 4.79 Å². The number of carbonyl (C=O) groups excluding carboxylic acids is 1. The molecule has 17 heavy (non-hydrogen) atoms. The van der Waals surface area contributed by atoms with Crippen LogP contribution in [0.25, 0.3) is 0 Å². The fourth-order valence-corrected chi connectivity index (χ4v) is 1.75. The number of hydrogen-bond donors (Lipinski definition) is 3. The van der Waals surface area contributed by atoms with Gasteiger partial charge in [0.05, 0.1) is 0 Å². The van der Waals surface area contributed by atoms with Crippen molar-refractivity contribution in [2.24, 2.45) is 17.4 Å². The van der Waals surface area contributed by atoms with Gasteiger partial charge in [0.25, 0.3) is 0 Å². The molecule has 0 bridgehead atoms. The van der Waals surface area contributed by atoms with Crippen molar-refractivity contribution in [3.63, 3.8) is 0 Å². The van der Waals surface area contributed by atoms with Crippen molar-refractivity contribution >= 4 is 11.6 Å². The van der Waals surface area contributed by atoms with Crippen molar-refractivity contribution in [3.05, 3.63) is 29.8 Å². The smallest absolute Gasteiger partial charge is 0.248 e. The molecule has 0 aromatic heterocycles. The average molecular weight is 235 g/mol. The summed E-state index contributed by atoms with van der Waals surface area (Å²) < 4.78 is 0. The van der Waals surface area contributed by atoms with E-state index < -0.39 is 5.91 Å². The fourth-order valence-electron chi connectivity index (χ4n) is 1.75. The van der Waals surface area contributed by atoms with Crippen molar-refractivity contribution in [2.45, 2.75) is 26.3 Å². The number of carbonyl (C=O) groups is 1. The van der Waals surface area contributed by atoms with Gasteiger partial charge in [-0.05, 0) is 36.6 Å². The Labute approximate surface area is 102 Å². The first-order chi connectivity index (χ1) is 8.02. The van der Waals surface area contributed by atoms with Crippen LogP contribution in [0.1, 0.15) is 30.6 Å². The molecule has 1 atom stereocenters. The molecule has 0 heterocycles. The van der Waals surface area contributed by atoms with Gasteiger partial charge in [0, 0.05) is 23.8 Å². The maximum atomic E-state index is 10.9. The van der Waals surface area contributed by atoms with Crippen molar-refractivity contribution < 1.29 is 4.79 Å². The summed E-state index contributed by atoms with van der Waals surface area (Å²) in [5.74, 6) is 0.190. The maximum Gasteiger partial charge on any atom is 0.248 e. The van der Waals surface area contributed by atoms with Crippen LogP contribution in [0, 0.1) is 5.92 Å². The van der Waals surface area contributed by atoms with E-state index in [1.807, 2.05) is 12.1 Å². The first kappa shape index (κ1) is 13.5. The van der Waals surface area contributed by atoms with Crippen LogP contribution in [0.2, 0.25) is 0 Å². The Morgan fingerprint density at radius 3 is 2.29 bits per heavy atom. The van der Waals surface area contributed by atoms with Crippen molar-refractivity contribution in [1.29, 1.82) is 0 Å². The van der Waals surface area contributed by atoms with E-state index in [-0.39, 0.29) is 6.04 Å². The number of nitrogens with two attached hydrogens (primary N) is 2. The fraction of sp³-hybridized carbons (Fsp3) is 0.462. The van der Waals surface area contributed by atoms with Crippen molar-refractivity contribution in [3.8, 4) is 0 Å². The molecule has 1 aromatic carbocycles. The number of nitrogens with one attached hydrogen (secondary N) is 1. The summed E-state index contributed by atoms with van der Waals surface area (Å²) in [7, 11) is 0. The highest BCUT2D eigenvalue weighted by molar-refractivity contribution is 5.93. The van der Waals surface area contributed by atoms with E-state index in [9.17, 15) is 4.79 Å². The lowest BCUT2D eigenvalue weighted by Gasteiger charge is -2.20. The van der Waals surface area contributed by atoms with Crippen LogP contribution in [0.3, 0.4) is 0 Å². The third kappa shape index (κ3) is 4.44. The highest BCUT2D eigenvalue weighted by Crippen LogP contribution is 2.13. The second-order valence-corrected chi connectivity index (χ2v) is 4.65. The van der Waals surface area contributed by atoms with Crippen LogP contribution in [-0.2, 0) is 0 Å². The summed E-state index contributed by atoms with van der Waals surface area (Å²) in [4.78, 5) is 10.9. The van der Waals surface area contributed by atoms with Gasteiger partial charge in [0.2, 0.25) is 5.91 Å². The summed E-state index contributed by atoms with van der Waals surface area (Å²) in [5.41, 5.74) is 12.4. The topological polar surface area (TPSA) is 81.1 Å². The first-order valence-electron chi connectivity index (χ1n) is 5.89. The molecule has 94 valence electrons. The summed E-state index contributed by atoms with van der Waals surface area (Å²) in [6.45, 7) is 4.93. The molecule has 4 nitrogen and oxygen atoms in total. The van der Waals surface area contributed by atoms with Crippen LogP contribution < -0.4 is 16.8 Å². The molecule has 1 aromatic rings. The van der Waals surface area contributed by atoms with E-state index in [0.717, 1.165) is 12.1 Å². The van der Waals surface area contributed by atoms with Gasteiger partial charge in [0.1, 0.15) is 0 Å². The lowest BCUT2D eigenvalue weighted by Crippen LogP contribution is -2.30. The van der Waals surface area contributed by atoms with Gasteiger partial charge >= 0.3 is 0 Å². The number of primary amides is 1. The Morgan fingerprint density at radius 1 is 1.29 bits per heavy atom. The molecule has 0 spiro atoms. The Kier molecular flexibility index (Phi) is 4.97. The van der Waals surface area contributed by atoms with Gasteiger partial charge in [-0.15, -0.1) is 0 Å². The van der Waals surface area contributed by atoms with Gasteiger partial charge in [0.15, 0.2) is 0 Å². The summed E-state index contributed by atoms with van der Waals surface area (Å²) >= 11 is 0. The Hall–Kier alpha value is -1.55. The third-order valence-corrected chi connectivity index (χ3v) is 2.58. The molecule has 0 fully saturated rings.